The molecule has 1 fully saturated rings. The minimum Gasteiger partial charge on any atom is -0.388 e. The zero-order chi connectivity index (χ0) is 12.9. The number of amides is 1. The molecule has 4 heteroatoms. The maximum absolute atomic E-state index is 11.6. The molecule has 1 aliphatic rings. The molecule has 0 saturated heterocycles. The first-order chi connectivity index (χ1) is 7.97. The normalized spacial score (nSPS) is 30.6. The average molecular weight is 240 g/mol. The largest absolute Gasteiger partial charge is 0.388 e. The number of hydrogen-bond donors (Lipinski definition) is 3. The molecule has 4 N–H and O–H groups in total. The average Bonchev–Trinajstić information content (AvgIpc) is 2.31. The van der Waals surface area contributed by atoms with Crippen molar-refractivity contribution in [3.63, 3.8) is 0 Å². The van der Waals surface area contributed by atoms with Crippen molar-refractivity contribution in [3.8, 4) is 0 Å². The molecule has 0 aromatic heterocycles. The van der Waals surface area contributed by atoms with E-state index in [2.05, 4.69) is 18.8 Å². The molecule has 1 unspecified atom stereocenters. The molecule has 4 nitrogen and oxygen atoms in total. The van der Waals surface area contributed by atoms with Gasteiger partial charge in [0.15, 0.2) is 0 Å². The molecule has 0 bridgehead atoms. The molecule has 1 saturated carbocycles. The second kappa shape index (κ2) is 6.17. The van der Waals surface area contributed by atoms with E-state index in [1.165, 1.54) is 0 Å². The summed E-state index contributed by atoms with van der Waals surface area (Å²) in [4.78, 5) is 11.6. The van der Waals surface area contributed by atoms with E-state index in [0.29, 0.717) is 18.9 Å². The van der Waals surface area contributed by atoms with Gasteiger partial charge >= 0.3 is 0 Å². The molecule has 1 rings (SSSR count). The van der Waals surface area contributed by atoms with Gasteiger partial charge in [-0.3, -0.25) is 4.79 Å². The maximum atomic E-state index is 11.6. The topological polar surface area (TPSA) is 75.4 Å². The van der Waals surface area contributed by atoms with E-state index >= 15 is 0 Å². The van der Waals surface area contributed by atoms with E-state index < -0.39 is 11.6 Å². The minimum atomic E-state index is -0.740. The quantitative estimate of drug-likeness (QED) is 0.626. The fourth-order valence-corrected chi connectivity index (χ4v) is 2.15. The lowest BCUT2D eigenvalue weighted by Crippen LogP contribution is -2.49. The van der Waals surface area contributed by atoms with E-state index in [0.717, 1.165) is 25.7 Å². The molecule has 0 aliphatic heterocycles. The van der Waals surface area contributed by atoms with Crippen LogP contribution in [0.2, 0.25) is 0 Å². The summed E-state index contributed by atoms with van der Waals surface area (Å²) in [6.07, 6.45) is 5.63. The first kappa shape index (κ1) is 14.2. The van der Waals surface area contributed by atoms with Crippen LogP contribution in [0.3, 0.4) is 0 Å². The maximum Gasteiger partial charge on any atom is 0.237 e. The van der Waals surface area contributed by atoms with Crippen molar-refractivity contribution in [3.05, 3.63) is 12.7 Å². The van der Waals surface area contributed by atoms with Crippen molar-refractivity contribution in [1.29, 1.82) is 0 Å². The Bertz CT molecular complexity index is 271. The van der Waals surface area contributed by atoms with Crippen LogP contribution in [-0.4, -0.2) is 29.2 Å². The van der Waals surface area contributed by atoms with Crippen LogP contribution < -0.4 is 11.1 Å². The van der Waals surface area contributed by atoms with Crippen LogP contribution in [0.5, 0.6) is 0 Å². The van der Waals surface area contributed by atoms with Crippen LogP contribution >= 0.6 is 0 Å². The van der Waals surface area contributed by atoms with Crippen LogP contribution in [0.25, 0.3) is 0 Å². The Labute approximate surface area is 103 Å². The molecule has 17 heavy (non-hydrogen) atoms. The summed E-state index contributed by atoms with van der Waals surface area (Å²) in [6, 6.07) is -0.557. The summed E-state index contributed by atoms with van der Waals surface area (Å²) in [5.74, 6) is 0.464. The zero-order valence-electron chi connectivity index (χ0n) is 10.6. The van der Waals surface area contributed by atoms with Gasteiger partial charge in [0.2, 0.25) is 5.91 Å². The molecule has 98 valence electrons. The van der Waals surface area contributed by atoms with Gasteiger partial charge in [-0.2, -0.15) is 0 Å². The van der Waals surface area contributed by atoms with Crippen molar-refractivity contribution >= 4 is 5.91 Å². The van der Waals surface area contributed by atoms with Crippen molar-refractivity contribution < 1.29 is 9.90 Å². The summed E-state index contributed by atoms with van der Waals surface area (Å²) >= 11 is 0. The monoisotopic (exact) mass is 240 g/mol. The van der Waals surface area contributed by atoms with Gasteiger partial charge in [0.05, 0.1) is 11.6 Å². The highest BCUT2D eigenvalue weighted by Gasteiger charge is 2.32. The highest BCUT2D eigenvalue weighted by atomic mass is 16.3. The van der Waals surface area contributed by atoms with E-state index in [1.54, 1.807) is 6.08 Å². The second-order valence-corrected chi connectivity index (χ2v) is 5.26. The molecule has 0 radical (unpaired) electrons. The van der Waals surface area contributed by atoms with Gasteiger partial charge in [0.25, 0.3) is 0 Å². The van der Waals surface area contributed by atoms with E-state index in [-0.39, 0.29) is 5.91 Å². The molecule has 0 aromatic carbocycles. The third-order valence-electron chi connectivity index (χ3n) is 3.55. The third kappa shape index (κ3) is 4.48. The standard InChI is InChI=1S/C13H24N2O2/c1-3-4-11(14)12(16)15-9-13(17)7-5-10(2)6-8-13/h3,10-11,17H,1,4-9,14H2,2H3,(H,15,16). The smallest absolute Gasteiger partial charge is 0.237 e. The first-order valence-electron chi connectivity index (χ1n) is 6.33. The fourth-order valence-electron chi connectivity index (χ4n) is 2.15. The first-order valence-corrected chi connectivity index (χ1v) is 6.33. The number of carbonyl (C=O) groups excluding carboxylic acids is 1. The number of hydrogen-bond acceptors (Lipinski definition) is 3. The molecular weight excluding hydrogens is 216 g/mol. The van der Waals surface area contributed by atoms with Crippen LogP contribution in [0.15, 0.2) is 12.7 Å². The van der Waals surface area contributed by atoms with Gasteiger partial charge in [0, 0.05) is 6.54 Å². The van der Waals surface area contributed by atoms with E-state index in [4.69, 9.17) is 5.73 Å². The Hall–Kier alpha value is -0.870. The van der Waals surface area contributed by atoms with Gasteiger partial charge in [-0.05, 0) is 38.0 Å². The van der Waals surface area contributed by atoms with E-state index in [9.17, 15) is 9.90 Å². The summed E-state index contributed by atoms with van der Waals surface area (Å²) in [5.41, 5.74) is 4.90. The Balaban J connectivity index is 2.34. The summed E-state index contributed by atoms with van der Waals surface area (Å²) in [7, 11) is 0. The van der Waals surface area contributed by atoms with Gasteiger partial charge in [-0.1, -0.05) is 13.0 Å². The van der Waals surface area contributed by atoms with Gasteiger partial charge in [0.1, 0.15) is 0 Å². The van der Waals surface area contributed by atoms with Crippen molar-refractivity contribution in [1.82, 2.24) is 5.32 Å². The number of nitrogens with one attached hydrogen (secondary N) is 1. The molecule has 0 spiro atoms. The summed E-state index contributed by atoms with van der Waals surface area (Å²) < 4.78 is 0. The lowest BCUT2D eigenvalue weighted by Gasteiger charge is -2.35. The number of aliphatic hydroxyl groups is 1. The number of carbonyl (C=O) groups is 1. The molecule has 1 atom stereocenters. The molecule has 1 aliphatic carbocycles. The lowest BCUT2D eigenvalue weighted by atomic mass is 9.79. The van der Waals surface area contributed by atoms with Crippen molar-refractivity contribution in [2.75, 3.05) is 6.54 Å². The zero-order valence-corrected chi connectivity index (χ0v) is 10.6. The van der Waals surface area contributed by atoms with Crippen LogP contribution in [-0.2, 0) is 4.79 Å². The van der Waals surface area contributed by atoms with Gasteiger partial charge < -0.3 is 16.2 Å². The Morgan fingerprint density at radius 3 is 2.76 bits per heavy atom. The number of nitrogens with two attached hydrogens (primary N) is 1. The highest BCUT2D eigenvalue weighted by Crippen LogP contribution is 2.31. The van der Waals surface area contributed by atoms with Crippen molar-refractivity contribution in [2.24, 2.45) is 11.7 Å². The lowest BCUT2D eigenvalue weighted by molar-refractivity contribution is -0.124. The molecule has 0 aromatic rings. The minimum absolute atomic E-state index is 0.211. The molecule has 1 amide bonds. The van der Waals surface area contributed by atoms with E-state index in [1.807, 2.05) is 0 Å². The second-order valence-electron chi connectivity index (χ2n) is 5.26. The van der Waals surface area contributed by atoms with Gasteiger partial charge in [-0.25, -0.2) is 0 Å². The third-order valence-corrected chi connectivity index (χ3v) is 3.55. The van der Waals surface area contributed by atoms with Crippen LogP contribution in [0.1, 0.15) is 39.0 Å². The predicted octanol–water partition coefficient (Wildman–Crippen LogP) is 0.947. The van der Waals surface area contributed by atoms with Crippen molar-refractivity contribution in [2.45, 2.75) is 50.7 Å². The Kier molecular flexibility index (Phi) is 5.15. The molecule has 0 heterocycles. The van der Waals surface area contributed by atoms with Crippen LogP contribution in [0, 0.1) is 5.92 Å². The van der Waals surface area contributed by atoms with Gasteiger partial charge in [-0.15, -0.1) is 6.58 Å². The summed E-state index contributed by atoms with van der Waals surface area (Å²) in [5, 5.41) is 13.0. The predicted molar refractivity (Wildman–Crippen MR) is 68.4 cm³/mol. The molecular formula is C13H24N2O2. The van der Waals surface area contributed by atoms with Crippen LogP contribution in [0.4, 0.5) is 0 Å². The highest BCUT2D eigenvalue weighted by molar-refractivity contribution is 5.81. The summed E-state index contributed by atoms with van der Waals surface area (Å²) in [6.45, 7) is 6.05. The SMILES string of the molecule is C=CCC(N)C(=O)NCC1(O)CCC(C)CC1. The Morgan fingerprint density at radius 1 is 1.65 bits per heavy atom. The Morgan fingerprint density at radius 2 is 2.24 bits per heavy atom. The number of rotatable bonds is 5. The fraction of sp³-hybridized carbons (Fsp3) is 0.769.